The van der Waals surface area contributed by atoms with Gasteiger partial charge in [0.1, 0.15) is 11.5 Å². The summed E-state index contributed by atoms with van der Waals surface area (Å²) in [6, 6.07) is 5.25. The molecule has 0 aliphatic carbocycles. The Labute approximate surface area is 145 Å². The average molecular weight is 389 g/mol. The minimum Gasteiger partial charge on any atom is -0.461 e. The highest BCUT2D eigenvalue weighted by atomic mass is 79.9. The van der Waals surface area contributed by atoms with Crippen molar-refractivity contribution in [1.29, 1.82) is 0 Å². The third-order valence-corrected chi connectivity index (χ3v) is 4.00. The first-order chi connectivity index (χ1) is 11.5. The number of nitrogens with zero attached hydrogens (tertiary/aromatic N) is 4. The lowest BCUT2D eigenvalue weighted by Gasteiger charge is -2.12. The number of hydrogen-bond acceptors (Lipinski definition) is 6. The number of esters is 1. The van der Waals surface area contributed by atoms with Gasteiger partial charge in [-0.25, -0.2) is 19.4 Å². The Kier molecular flexibility index (Phi) is 4.39. The smallest absolute Gasteiger partial charge is 0.362 e. The number of aryl methyl sites for hydroxylation is 1. The van der Waals surface area contributed by atoms with E-state index >= 15 is 0 Å². The molecule has 0 aliphatic heterocycles. The topological polar surface area (TPSA) is 87.0 Å². The summed E-state index contributed by atoms with van der Waals surface area (Å²) in [5.74, 6) is -0.155. The van der Waals surface area contributed by atoms with E-state index in [0.717, 1.165) is 0 Å². The van der Waals surface area contributed by atoms with Crippen LogP contribution in [0.3, 0.4) is 0 Å². The maximum Gasteiger partial charge on any atom is 0.362 e. The molecule has 2 heterocycles. The highest BCUT2D eigenvalue weighted by Gasteiger charge is 2.20. The van der Waals surface area contributed by atoms with Crippen LogP contribution >= 0.6 is 15.9 Å². The summed E-state index contributed by atoms with van der Waals surface area (Å²) >= 11 is 3.36. The number of carbonyl (C=O) groups excluding carboxylic acids is 1. The SMILES string of the molecule is CCOC(=O)c1nn(-c2cnc(C)nc2)c2cccc(Br)c2c1=O. The van der Waals surface area contributed by atoms with Crippen LogP contribution in [0.1, 0.15) is 23.2 Å². The zero-order valence-electron chi connectivity index (χ0n) is 13.0. The van der Waals surface area contributed by atoms with Crippen LogP contribution in [0.4, 0.5) is 0 Å². The minimum absolute atomic E-state index is 0.154. The fourth-order valence-electron chi connectivity index (χ4n) is 2.26. The molecular formula is C16H13BrN4O3. The summed E-state index contributed by atoms with van der Waals surface area (Å²) in [4.78, 5) is 33.1. The molecule has 2 aromatic heterocycles. The highest BCUT2D eigenvalue weighted by Crippen LogP contribution is 2.22. The fraction of sp³-hybridized carbons (Fsp3) is 0.188. The summed E-state index contributed by atoms with van der Waals surface area (Å²) in [6.45, 7) is 3.59. The van der Waals surface area contributed by atoms with E-state index in [1.54, 1.807) is 44.4 Å². The number of aromatic nitrogens is 4. The van der Waals surface area contributed by atoms with Crippen LogP contribution in [-0.4, -0.2) is 32.3 Å². The Morgan fingerprint density at radius 1 is 1.29 bits per heavy atom. The molecule has 1 aromatic carbocycles. The molecule has 0 saturated heterocycles. The monoisotopic (exact) mass is 388 g/mol. The van der Waals surface area contributed by atoms with Gasteiger partial charge in [-0.2, -0.15) is 5.10 Å². The van der Waals surface area contributed by atoms with Crippen molar-refractivity contribution in [2.24, 2.45) is 0 Å². The molecule has 24 heavy (non-hydrogen) atoms. The van der Waals surface area contributed by atoms with Gasteiger partial charge in [-0.05, 0) is 41.9 Å². The Balaban J connectivity index is 2.37. The number of hydrogen-bond donors (Lipinski definition) is 0. The molecule has 0 radical (unpaired) electrons. The van der Waals surface area contributed by atoms with E-state index in [-0.39, 0.29) is 12.3 Å². The van der Waals surface area contributed by atoms with Crippen LogP contribution in [0.2, 0.25) is 0 Å². The van der Waals surface area contributed by atoms with Crippen molar-refractivity contribution in [3.8, 4) is 5.69 Å². The maximum atomic E-state index is 12.7. The van der Waals surface area contributed by atoms with Gasteiger partial charge in [-0.15, -0.1) is 0 Å². The Bertz CT molecular complexity index is 983. The summed E-state index contributed by atoms with van der Waals surface area (Å²) < 4.78 is 6.98. The second kappa shape index (κ2) is 6.48. The molecule has 0 saturated carbocycles. The molecule has 0 aliphatic rings. The molecule has 0 N–H and O–H groups in total. The van der Waals surface area contributed by atoms with Crippen LogP contribution in [0.5, 0.6) is 0 Å². The lowest BCUT2D eigenvalue weighted by molar-refractivity contribution is 0.0516. The lowest BCUT2D eigenvalue weighted by Crippen LogP contribution is -2.24. The van der Waals surface area contributed by atoms with Crippen molar-refractivity contribution in [3.63, 3.8) is 0 Å². The van der Waals surface area contributed by atoms with Crippen LogP contribution in [-0.2, 0) is 4.74 Å². The molecular weight excluding hydrogens is 376 g/mol. The predicted octanol–water partition coefficient (Wildman–Crippen LogP) is 2.42. The first kappa shape index (κ1) is 16.3. The minimum atomic E-state index is -0.762. The van der Waals surface area contributed by atoms with Gasteiger partial charge in [0.25, 0.3) is 0 Å². The van der Waals surface area contributed by atoms with Gasteiger partial charge in [0.15, 0.2) is 0 Å². The average Bonchev–Trinajstić information content (AvgIpc) is 2.56. The molecule has 0 atom stereocenters. The van der Waals surface area contributed by atoms with Crippen molar-refractivity contribution in [2.75, 3.05) is 6.61 Å². The number of carbonyl (C=O) groups is 1. The fourth-order valence-corrected chi connectivity index (χ4v) is 2.79. The molecule has 0 amide bonds. The molecule has 0 bridgehead atoms. The van der Waals surface area contributed by atoms with Gasteiger partial charge in [-0.3, -0.25) is 4.79 Å². The van der Waals surface area contributed by atoms with Gasteiger partial charge in [0, 0.05) is 4.47 Å². The number of fused-ring (bicyclic) bond motifs is 1. The summed E-state index contributed by atoms with van der Waals surface area (Å²) in [5, 5.41) is 4.53. The van der Waals surface area contributed by atoms with Crippen LogP contribution in [0, 0.1) is 6.92 Å². The predicted molar refractivity (Wildman–Crippen MR) is 91.3 cm³/mol. The van der Waals surface area contributed by atoms with Crippen molar-refractivity contribution >= 4 is 32.8 Å². The Morgan fingerprint density at radius 3 is 2.67 bits per heavy atom. The van der Waals surface area contributed by atoms with Gasteiger partial charge in [0.05, 0.1) is 29.9 Å². The highest BCUT2D eigenvalue weighted by molar-refractivity contribution is 9.10. The quantitative estimate of drug-likeness (QED) is 0.640. The number of ether oxygens (including phenoxy) is 1. The molecule has 3 aromatic rings. The van der Waals surface area contributed by atoms with Crippen molar-refractivity contribution in [1.82, 2.24) is 19.7 Å². The second-order valence-electron chi connectivity index (χ2n) is 4.93. The van der Waals surface area contributed by atoms with Gasteiger partial charge < -0.3 is 4.74 Å². The van der Waals surface area contributed by atoms with Crippen molar-refractivity contribution in [3.05, 3.63) is 56.8 Å². The number of rotatable bonds is 3. The summed E-state index contributed by atoms with van der Waals surface area (Å²) in [6.07, 6.45) is 3.16. The van der Waals surface area contributed by atoms with Crippen LogP contribution in [0.15, 0.2) is 39.9 Å². The maximum absolute atomic E-state index is 12.7. The van der Waals surface area contributed by atoms with E-state index in [4.69, 9.17) is 4.74 Å². The largest absolute Gasteiger partial charge is 0.461 e. The Morgan fingerprint density at radius 2 is 2.00 bits per heavy atom. The molecule has 3 rings (SSSR count). The first-order valence-corrected chi connectivity index (χ1v) is 8.00. The van der Waals surface area contributed by atoms with E-state index < -0.39 is 11.4 Å². The zero-order valence-corrected chi connectivity index (χ0v) is 14.6. The van der Waals surface area contributed by atoms with Crippen LogP contribution in [0.25, 0.3) is 16.6 Å². The van der Waals surface area contributed by atoms with Gasteiger partial charge >= 0.3 is 5.97 Å². The van der Waals surface area contributed by atoms with Gasteiger partial charge in [-0.1, -0.05) is 6.07 Å². The van der Waals surface area contributed by atoms with E-state index in [0.29, 0.717) is 26.9 Å². The molecule has 8 heteroatoms. The second-order valence-corrected chi connectivity index (χ2v) is 5.79. The van der Waals surface area contributed by atoms with Crippen molar-refractivity contribution < 1.29 is 9.53 Å². The van der Waals surface area contributed by atoms with E-state index in [1.165, 1.54) is 4.68 Å². The number of benzene rings is 1. The van der Waals surface area contributed by atoms with E-state index in [2.05, 4.69) is 31.0 Å². The molecule has 7 nitrogen and oxygen atoms in total. The molecule has 122 valence electrons. The van der Waals surface area contributed by atoms with Crippen molar-refractivity contribution in [2.45, 2.75) is 13.8 Å². The van der Waals surface area contributed by atoms with E-state index in [1.807, 2.05) is 0 Å². The van der Waals surface area contributed by atoms with E-state index in [9.17, 15) is 9.59 Å². The molecule has 0 spiro atoms. The third kappa shape index (κ3) is 2.80. The number of halogens is 1. The first-order valence-electron chi connectivity index (χ1n) is 7.20. The van der Waals surface area contributed by atoms with Gasteiger partial charge in [0.2, 0.25) is 11.1 Å². The molecule has 0 fully saturated rings. The van der Waals surface area contributed by atoms with Crippen LogP contribution < -0.4 is 5.43 Å². The standard InChI is InChI=1S/C16H13BrN4O3/c1-3-24-16(23)14-15(22)13-11(17)5-4-6-12(13)21(20-14)10-7-18-9(2)19-8-10/h4-8H,3H2,1-2H3. The summed E-state index contributed by atoms with van der Waals surface area (Å²) in [5.41, 5.74) is 0.307. The summed E-state index contributed by atoms with van der Waals surface area (Å²) in [7, 11) is 0. The third-order valence-electron chi connectivity index (χ3n) is 3.34. The normalized spacial score (nSPS) is 10.8. The molecule has 0 unspecified atom stereocenters. The zero-order chi connectivity index (χ0) is 17.3. The lowest BCUT2D eigenvalue weighted by atomic mass is 10.2. The Hall–Kier alpha value is -2.61.